The molecule has 1 aromatic rings. The van der Waals surface area contributed by atoms with Gasteiger partial charge in [0.15, 0.2) is 0 Å². The normalized spacial score (nSPS) is 24.4. The molecule has 0 radical (unpaired) electrons. The number of aryl methyl sites for hydroxylation is 1. The van der Waals surface area contributed by atoms with Gasteiger partial charge < -0.3 is 0 Å². The van der Waals surface area contributed by atoms with E-state index in [9.17, 15) is 4.21 Å². The van der Waals surface area contributed by atoms with Crippen LogP contribution < -0.4 is 0 Å². The minimum atomic E-state index is -0.816. The third-order valence-electron chi connectivity index (χ3n) is 2.53. The Bertz CT molecular complexity index is 380. The van der Waals surface area contributed by atoms with E-state index < -0.39 is 10.8 Å². The minimum Gasteiger partial charge on any atom is -0.254 e. The van der Waals surface area contributed by atoms with Crippen LogP contribution in [0.2, 0.25) is 0 Å². The quantitative estimate of drug-likeness (QED) is 0.620. The Morgan fingerprint density at radius 3 is 2.77 bits per heavy atom. The summed E-state index contributed by atoms with van der Waals surface area (Å²) in [5, 5.41) is 0. The molecule has 2 heteroatoms. The maximum atomic E-state index is 11.9. The molecule has 2 rings (SSSR count). The van der Waals surface area contributed by atoms with Gasteiger partial charge in [0.1, 0.15) is 0 Å². The van der Waals surface area contributed by atoms with Crippen molar-refractivity contribution in [2.24, 2.45) is 0 Å². The van der Waals surface area contributed by atoms with Gasteiger partial charge >= 0.3 is 0 Å². The van der Waals surface area contributed by atoms with Crippen LogP contribution >= 0.6 is 0 Å². The second-order valence-electron chi connectivity index (χ2n) is 4.32. The fourth-order valence-electron chi connectivity index (χ4n) is 1.85. The molecule has 1 atom stereocenters. The first-order chi connectivity index (χ1) is 6.00. The largest absolute Gasteiger partial charge is 0.254 e. The molecule has 0 bridgehead atoms. The highest BCUT2D eigenvalue weighted by Gasteiger charge is 2.35. The molecule has 0 saturated heterocycles. The summed E-state index contributed by atoms with van der Waals surface area (Å²) >= 11 is 0. The molecular weight excluding hydrogens is 180 g/mol. The molecule has 1 heterocycles. The standard InChI is InChI=1S/C11H14OS/c1-8-4-5-10-9(6-8)7-11(2,3)13(10)12/h4-6H,7H2,1-3H3. The third kappa shape index (κ3) is 1.33. The molecule has 1 nitrogen and oxygen atoms in total. The summed E-state index contributed by atoms with van der Waals surface area (Å²) in [5.74, 6) is 0. The number of benzene rings is 1. The SMILES string of the molecule is Cc1ccc2c(c1)CC(C)(C)S2=O. The van der Waals surface area contributed by atoms with Crippen LogP contribution in [0.1, 0.15) is 25.0 Å². The van der Waals surface area contributed by atoms with E-state index in [-0.39, 0.29) is 4.75 Å². The summed E-state index contributed by atoms with van der Waals surface area (Å²) < 4.78 is 11.9. The van der Waals surface area contributed by atoms with Gasteiger partial charge in [0.25, 0.3) is 0 Å². The van der Waals surface area contributed by atoms with Crippen LogP contribution in [0.5, 0.6) is 0 Å². The summed E-state index contributed by atoms with van der Waals surface area (Å²) in [6.45, 7) is 6.21. The number of rotatable bonds is 0. The lowest BCUT2D eigenvalue weighted by atomic mass is 10.0. The topological polar surface area (TPSA) is 17.1 Å². The lowest BCUT2D eigenvalue weighted by Gasteiger charge is -2.13. The first kappa shape index (κ1) is 8.95. The van der Waals surface area contributed by atoms with Gasteiger partial charge in [0, 0.05) is 9.64 Å². The number of hydrogen-bond donors (Lipinski definition) is 0. The zero-order valence-electron chi connectivity index (χ0n) is 8.26. The lowest BCUT2D eigenvalue weighted by molar-refractivity contribution is 0.640. The van der Waals surface area contributed by atoms with Crippen molar-refractivity contribution in [3.05, 3.63) is 29.3 Å². The van der Waals surface area contributed by atoms with Gasteiger partial charge in [-0.2, -0.15) is 0 Å². The molecule has 0 fully saturated rings. The van der Waals surface area contributed by atoms with E-state index in [2.05, 4.69) is 26.8 Å². The summed E-state index contributed by atoms with van der Waals surface area (Å²) in [7, 11) is -0.816. The summed E-state index contributed by atoms with van der Waals surface area (Å²) in [5.41, 5.74) is 2.52. The average molecular weight is 194 g/mol. The predicted molar refractivity (Wildman–Crippen MR) is 55.4 cm³/mol. The minimum absolute atomic E-state index is 0.0733. The highest BCUT2D eigenvalue weighted by molar-refractivity contribution is 7.86. The van der Waals surface area contributed by atoms with E-state index in [1.54, 1.807) is 0 Å². The van der Waals surface area contributed by atoms with Crippen molar-refractivity contribution in [2.45, 2.75) is 36.8 Å². The van der Waals surface area contributed by atoms with E-state index in [4.69, 9.17) is 0 Å². The molecule has 0 saturated carbocycles. The van der Waals surface area contributed by atoms with Gasteiger partial charge in [-0.25, -0.2) is 0 Å². The lowest BCUT2D eigenvalue weighted by Crippen LogP contribution is -2.22. The molecule has 70 valence electrons. The Morgan fingerprint density at radius 2 is 2.08 bits per heavy atom. The second-order valence-corrected chi connectivity index (χ2v) is 6.40. The monoisotopic (exact) mass is 194 g/mol. The smallest absolute Gasteiger partial charge is 0.0592 e. The zero-order chi connectivity index (χ0) is 9.64. The number of fused-ring (bicyclic) bond motifs is 1. The Labute approximate surface area is 81.6 Å². The van der Waals surface area contributed by atoms with Crippen LogP contribution in [0, 0.1) is 6.92 Å². The Kier molecular flexibility index (Phi) is 1.84. The van der Waals surface area contributed by atoms with Crippen molar-refractivity contribution in [2.75, 3.05) is 0 Å². The van der Waals surface area contributed by atoms with E-state index in [1.165, 1.54) is 11.1 Å². The summed E-state index contributed by atoms with van der Waals surface area (Å²) in [4.78, 5) is 1.04. The molecule has 0 aromatic heterocycles. The molecule has 1 aliphatic rings. The Hall–Kier alpha value is -0.630. The zero-order valence-corrected chi connectivity index (χ0v) is 9.07. The van der Waals surface area contributed by atoms with Crippen molar-refractivity contribution >= 4 is 10.8 Å². The maximum Gasteiger partial charge on any atom is 0.0592 e. The fraction of sp³-hybridized carbons (Fsp3) is 0.455. The van der Waals surface area contributed by atoms with Crippen molar-refractivity contribution in [1.29, 1.82) is 0 Å². The molecule has 1 aliphatic heterocycles. The summed E-state index contributed by atoms with van der Waals surface area (Å²) in [6.07, 6.45) is 0.941. The Morgan fingerprint density at radius 1 is 1.38 bits per heavy atom. The molecule has 0 amide bonds. The maximum absolute atomic E-state index is 11.9. The Balaban J connectivity index is 2.57. The van der Waals surface area contributed by atoms with Crippen LogP contribution in [0.3, 0.4) is 0 Å². The molecule has 13 heavy (non-hydrogen) atoms. The van der Waals surface area contributed by atoms with Crippen molar-refractivity contribution in [3.8, 4) is 0 Å². The highest BCUT2D eigenvalue weighted by atomic mass is 32.2. The first-order valence-corrected chi connectivity index (χ1v) is 5.67. The van der Waals surface area contributed by atoms with Crippen LogP contribution in [0.15, 0.2) is 23.1 Å². The molecule has 0 N–H and O–H groups in total. The first-order valence-electron chi connectivity index (χ1n) is 4.52. The van der Waals surface area contributed by atoms with Crippen molar-refractivity contribution < 1.29 is 4.21 Å². The van der Waals surface area contributed by atoms with Crippen molar-refractivity contribution in [1.82, 2.24) is 0 Å². The average Bonchev–Trinajstić information content (AvgIpc) is 2.22. The molecule has 0 aliphatic carbocycles. The molecular formula is C11H14OS. The van der Waals surface area contributed by atoms with Crippen LogP contribution in [0.25, 0.3) is 0 Å². The highest BCUT2D eigenvalue weighted by Crippen LogP contribution is 2.35. The van der Waals surface area contributed by atoms with Gasteiger partial charge in [-0.05, 0) is 38.8 Å². The van der Waals surface area contributed by atoms with E-state index >= 15 is 0 Å². The van der Waals surface area contributed by atoms with Gasteiger partial charge in [0.05, 0.1) is 10.8 Å². The fourth-order valence-corrected chi connectivity index (χ4v) is 3.29. The van der Waals surface area contributed by atoms with Gasteiger partial charge in [-0.15, -0.1) is 0 Å². The third-order valence-corrected chi connectivity index (χ3v) is 4.48. The number of hydrogen-bond acceptors (Lipinski definition) is 1. The predicted octanol–water partition coefficient (Wildman–Crippen LogP) is 2.44. The van der Waals surface area contributed by atoms with Gasteiger partial charge in [0.2, 0.25) is 0 Å². The molecule has 1 aromatic carbocycles. The van der Waals surface area contributed by atoms with Gasteiger partial charge in [-0.3, -0.25) is 4.21 Å². The van der Waals surface area contributed by atoms with Crippen LogP contribution in [0.4, 0.5) is 0 Å². The van der Waals surface area contributed by atoms with E-state index in [0.29, 0.717) is 0 Å². The second kappa shape index (κ2) is 2.68. The van der Waals surface area contributed by atoms with Gasteiger partial charge in [-0.1, -0.05) is 17.7 Å². The molecule has 0 spiro atoms. The van der Waals surface area contributed by atoms with Crippen LogP contribution in [-0.2, 0) is 17.2 Å². The van der Waals surface area contributed by atoms with Crippen molar-refractivity contribution in [3.63, 3.8) is 0 Å². The van der Waals surface area contributed by atoms with Crippen LogP contribution in [-0.4, -0.2) is 8.96 Å². The van der Waals surface area contributed by atoms with E-state index in [0.717, 1.165) is 11.3 Å². The molecule has 1 unspecified atom stereocenters. The van der Waals surface area contributed by atoms with E-state index in [1.807, 2.05) is 12.1 Å². The summed E-state index contributed by atoms with van der Waals surface area (Å²) in [6, 6.07) is 6.20.